The first kappa shape index (κ1) is 14.1. The van der Waals surface area contributed by atoms with Crippen molar-refractivity contribution < 1.29 is 9.59 Å². The van der Waals surface area contributed by atoms with E-state index in [-0.39, 0.29) is 18.2 Å². The molecule has 2 amide bonds. The van der Waals surface area contributed by atoms with Crippen LogP contribution in [0.2, 0.25) is 0 Å². The summed E-state index contributed by atoms with van der Waals surface area (Å²) in [6.45, 7) is 2.12. The molecule has 5 heteroatoms. The highest BCUT2D eigenvalue weighted by molar-refractivity contribution is 5.80. The average molecular weight is 271 g/mol. The van der Waals surface area contributed by atoms with Crippen LogP contribution >= 0.6 is 0 Å². The second-order valence-corrected chi connectivity index (χ2v) is 4.76. The van der Waals surface area contributed by atoms with Gasteiger partial charge in [0.2, 0.25) is 11.8 Å². The van der Waals surface area contributed by atoms with E-state index in [2.05, 4.69) is 0 Å². The van der Waals surface area contributed by atoms with Crippen molar-refractivity contribution in [2.75, 3.05) is 26.2 Å². The summed E-state index contributed by atoms with van der Waals surface area (Å²) in [6, 6.07) is 11.5. The standard InChI is InChI=1S/C15H17N3O2/c16-7-6-14(19)17-8-10-18(11-9-17)15(20)12-13-4-2-1-3-5-13/h1-5H,6,8-12H2. The molecule has 2 rings (SSSR count). The van der Waals surface area contributed by atoms with Crippen LogP contribution < -0.4 is 0 Å². The van der Waals surface area contributed by atoms with Crippen LogP contribution in [0, 0.1) is 11.3 Å². The molecular formula is C15H17N3O2. The molecule has 0 bridgehead atoms. The third-order valence-electron chi connectivity index (χ3n) is 3.41. The van der Waals surface area contributed by atoms with Gasteiger partial charge in [-0.05, 0) is 5.56 Å². The Morgan fingerprint density at radius 2 is 1.55 bits per heavy atom. The predicted molar refractivity (Wildman–Crippen MR) is 73.5 cm³/mol. The molecule has 1 fully saturated rings. The normalized spacial score (nSPS) is 14.8. The van der Waals surface area contributed by atoms with E-state index in [4.69, 9.17) is 5.26 Å². The molecule has 1 aromatic carbocycles. The molecule has 0 unspecified atom stereocenters. The van der Waals surface area contributed by atoms with Crippen LogP contribution in [-0.4, -0.2) is 47.8 Å². The Morgan fingerprint density at radius 1 is 1.00 bits per heavy atom. The van der Waals surface area contributed by atoms with Gasteiger partial charge in [-0.15, -0.1) is 0 Å². The van der Waals surface area contributed by atoms with E-state index in [0.717, 1.165) is 5.56 Å². The minimum atomic E-state index is -0.150. The lowest BCUT2D eigenvalue weighted by molar-refractivity contribution is -0.138. The summed E-state index contributed by atoms with van der Waals surface area (Å²) < 4.78 is 0. The van der Waals surface area contributed by atoms with Crippen LogP contribution in [0.25, 0.3) is 0 Å². The van der Waals surface area contributed by atoms with Gasteiger partial charge in [0.25, 0.3) is 0 Å². The summed E-state index contributed by atoms with van der Waals surface area (Å²) in [5.41, 5.74) is 1.00. The number of nitriles is 1. The zero-order valence-electron chi connectivity index (χ0n) is 11.3. The van der Waals surface area contributed by atoms with Gasteiger partial charge >= 0.3 is 0 Å². The van der Waals surface area contributed by atoms with Crippen LogP contribution in [0.5, 0.6) is 0 Å². The molecule has 104 valence electrons. The molecule has 0 spiro atoms. The Hall–Kier alpha value is -2.35. The van der Waals surface area contributed by atoms with Gasteiger partial charge in [-0.3, -0.25) is 9.59 Å². The molecular weight excluding hydrogens is 254 g/mol. The number of nitrogens with zero attached hydrogens (tertiary/aromatic N) is 3. The first-order chi connectivity index (χ1) is 9.70. The summed E-state index contributed by atoms with van der Waals surface area (Å²) in [4.78, 5) is 27.1. The Kier molecular flexibility index (Phi) is 4.72. The SMILES string of the molecule is N#CCC(=O)N1CCN(C(=O)Cc2ccccc2)CC1. The van der Waals surface area contributed by atoms with E-state index in [1.54, 1.807) is 9.80 Å². The number of carbonyl (C=O) groups excluding carboxylic acids is 2. The van der Waals surface area contributed by atoms with Gasteiger partial charge in [0.05, 0.1) is 12.5 Å². The summed E-state index contributed by atoms with van der Waals surface area (Å²) in [5.74, 6) is -0.0637. The highest BCUT2D eigenvalue weighted by Crippen LogP contribution is 2.07. The fourth-order valence-corrected chi connectivity index (χ4v) is 2.27. The molecule has 0 aromatic heterocycles. The number of hydrogen-bond acceptors (Lipinski definition) is 3. The molecule has 5 nitrogen and oxygen atoms in total. The summed E-state index contributed by atoms with van der Waals surface area (Å²) in [7, 11) is 0. The summed E-state index contributed by atoms with van der Waals surface area (Å²) in [6.07, 6.45) is 0.310. The maximum atomic E-state index is 12.1. The Balaban J connectivity index is 1.83. The van der Waals surface area contributed by atoms with Gasteiger partial charge in [0.15, 0.2) is 0 Å². The fraction of sp³-hybridized carbons (Fsp3) is 0.400. The van der Waals surface area contributed by atoms with E-state index in [0.29, 0.717) is 32.6 Å². The highest BCUT2D eigenvalue weighted by atomic mass is 16.2. The molecule has 1 saturated heterocycles. The molecule has 0 saturated carbocycles. The van der Waals surface area contributed by atoms with E-state index in [9.17, 15) is 9.59 Å². The molecule has 0 N–H and O–H groups in total. The van der Waals surface area contributed by atoms with Crippen LogP contribution in [-0.2, 0) is 16.0 Å². The zero-order valence-corrected chi connectivity index (χ0v) is 11.3. The average Bonchev–Trinajstić information content (AvgIpc) is 2.48. The quantitative estimate of drug-likeness (QED) is 0.817. The number of hydrogen-bond donors (Lipinski definition) is 0. The second-order valence-electron chi connectivity index (χ2n) is 4.76. The first-order valence-electron chi connectivity index (χ1n) is 6.67. The van der Waals surface area contributed by atoms with Crippen molar-refractivity contribution in [2.24, 2.45) is 0 Å². The maximum absolute atomic E-state index is 12.1. The summed E-state index contributed by atoms with van der Waals surface area (Å²) >= 11 is 0. The Morgan fingerprint density at radius 3 is 2.10 bits per heavy atom. The van der Waals surface area contributed by atoms with Gasteiger partial charge in [-0.2, -0.15) is 5.26 Å². The zero-order chi connectivity index (χ0) is 14.4. The molecule has 1 aliphatic heterocycles. The number of benzene rings is 1. The minimum Gasteiger partial charge on any atom is -0.339 e. The number of amides is 2. The topological polar surface area (TPSA) is 64.4 Å². The van der Waals surface area contributed by atoms with E-state index in [1.807, 2.05) is 36.4 Å². The lowest BCUT2D eigenvalue weighted by Crippen LogP contribution is -2.50. The second kappa shape index (κ2) is 6.71. The number of rotatable bonds is 3. The van der Waals surface area contributed by atoms with Gasteiger partial charge in [0, 0.05) is 26.2 Å². The fourth-order valence-electron chi connectivity index (χ4n) is 2.27. The van der Waals surface area contributed by atoms with Gasteiger partial charge < -0.3 is 9.80 Å². The summed E-state index contributed by atoms with van der Waals surface area (Å²) in [5, 5.41) is 8.51. The molecule has 1 aliphatic rings. The molecule has 20 heavy (non-hydrogen) atoms. The smallest absolute Gasteiger partial charge is 0.236 e. The van der Waals surface area contributed by atoms with Crippen molar-refractivity contribution in [2.45, 2.75) is 12.8 Å². The number of piperazine rings is 1. The van der Waals surface area contributed by atoms with Gasteiger partial charge in [-0.25, -0.2) is 0 Å². The van der Waals surface area contributed by atoms with Crippen molar-refractivity contribution in [1.82, 2.24) is 9.80 Å². The lowest BCUT2D eigenvalue weighted by atomic mass is 10.1. The van der Waals surface area contributed by atoms with Crippen LogP contribution in [0.1, 0.15) is 12.0 Å². The monoisotopic (exact) mass is 271 g/mol. The molecule has 0 aliphatic carbocycles. The van der Waals surface area contributed by atoms with Crippen molar-refractivity contribution in [3.63, 3.8) is 0 Å². The van der Waals surface area contributed by atoms with Crippen molar-refractivity contribution in [1.29, 1.82) is 5.26 Å². The highest BCUT2D eigenvalue weighted by Gasteiger charge is 2.23. The third kappa shape index (κ3) is 3.58. The van der Waals surface area contributed by atoms with Crippen LogP contribution in [0.4, 0.5) is 0 Å². The van der Waals surface area contributed by atoms with Crippen molar-refractivity contribution in [3.05, 3.63) is 35.9 Å². The van der Waals surface area contributed by atoms with E-state index in [1.165, 1.54) is 0 Å². The first-order valence-corrected chi connectivity index (χ1v) is 6.67. The molecule has 0 atom stereocenters. The molecule has 1 aromatic rings. The molecule has 1 heterocycles. The Labute approximate surface area is 118 Å². The predicted octanol–water partition coefficient (Wildman–Crippen LogP) is 0.814. The van der Waals surface area contributed by atoms with Crippen molar-refractivity contribution in [3.8, 4) is 6.07 Å². The minimum absolute atomic E-state index is 0.0854. The van der Waals surface area contributed by atoms with Crippen LogP contribution in [0.15, 0.2) is 30.3 Å². The van der Waals surface area contributed by atoms with Crippen molar-refractivity contribution >= 4 is 11.8 Å². The van der Waals surface area contributed by atoms with Gasteiger partial charge in [0.1, 0.15) is 6.42 Å². The largest absolute Gasteiger partial charge is 0.339 e. The lowest BCUT2D eigenvalue weighted by Gasteiger charge is -2.34. The Bertz CT molecular complexity index is 514. The van der Waals surface area contributed by atoms with Gasteiger partial charge in [-0.1, -0.05) is 30.3 Å². The van der Waals surface area contributed by atoms with E-state index >= 15 is 0 Å². The third-order valence-corrected chi connectivity index (χ3v) is 3.41. The van der Waals surface area contributed by atoms with Crippen LogP contribution in [0.3, 0.4) is 0 Å². The number of carbonyl (C=O) groups is 2. The van der Waals surface area contributed by atoms with E-state index < -0.39 is 0 Å². The maximum Gasteiger partial charge on any atom is 0.236 e. The molecule has 0 radical (unpaired) electrons.